The maximum Gasteiger partial charge on any atom is 0.0612 e. The monoisotopic (exact) mass is 203 g/mol. The van der Waals surface area contributed by atoms with Crippen molar-refractivity contribution in [3.63, 3.8) is 0 Å². The normalized spacial score (nSPS) is 16.3. The van der Waals surface area contributed by atoms with Crippen LogP contribution in [0.25, 0.3) is 0 Å². The smallest absolute Gasteiger partial charge is 0.0612 e. The van der Waals surface area contributed by atoms with Gasteiger partial charge >= 0.3 is 0 Å². The molecule has 72 valence electrons. The molecule has 1 saturated heterocycles. The Morgan fingerprint density at radius 3 is 2.86 bits per heavy atom. The first-order valence-corrected chi connectivity index (χ1v) is 5.94. The molecule has 1 aromatic rings. The van der Waals surface area contributed by atoms with Crippen molar-refractivity contribution in [3.05, 3.63) is 35.9 Å². The molecule has 0 unspecified atom stereocenters. The van der Waals surface area contributed by atoms with E-state index in [1.54, 1.807) is 0 Å². The topological polar surface area (TPSA) is 3.24 Å². The minimum atomic E-state index is 0.905. The summed E-state index contributed by atoms with van der Waals surface area (Å²) in [5.41, 5.74) is 1.11. The van der Waals surface area contributed by atoms with Crippen molar-refractivity contribution in [3.8, 4) is 11.8 Å². The molecular weight excluding hydrogens is 190 g/mol. The van der Waals surface area contributed by atoms with Gasteiger partial charge in [0.15, 0.2) is 0 Å². The van der Waals surface area contributed by atoms with Crippen LogP contribution in [0.15, 0.2) is 30.3 Å². The van der Waals surface area contributed by atoms with Gasteiger partial charge in [-0.2, -0.15) is 0 Å². The van der Waals surface area contributed by atoms with Crippen molar-refractivity contribution in [2.45, 2.75) is 0 Å². The number of rotatable bonds is 1. The van der Waals surface area contributed by atoms with E-state index in [0.29, 0.717) is 0 Å². The second-order valence-electron chi connectivity index (χ2n) is 3.26. The summed E-state index contributed by atoms with van der Waals surface area (Å²) in [6, 6.07) is 10.2. The Bertz CT molecular complexity index is 330. The van der Waals surface area contributed by atoms with Gasteiger partial charge in [0.05, 0.1) is 6.54 Å². The average molecular weight is 203 g/mol. The van der Waals surface area contributed by atoms with Gasteiger partial charge in [-0.1, -0.05) is 30.0 Å². The lowest BCUT2D eigenvalue weighted by atomic mass is 10.2. The van der Waals surface area contributed by atoms with E-state index in [4.69, 9.17) is 0 Å². The van der Waals surface area contributed by atoms with E-state index in [1.165, 1.54) is 12.3 Å². The van der Waals surface area contributed by atoms with Gasteiger partial charge in [-0.25, -0.2) is 0 Å². The maximum atomic E-state index is 3.21. The van der Waals surface area contributed by atoms with E-state index in [2.05, 4.69) is 16.7 Å². The highest BCUT2D eigenvalue weighted by molar-refractivity contribution is 7.99. The van der Waals surface area contributed by atoms with Gasteiger partial charge in [0.25, 0.3) is 0 Å². The Morgan fingerprint density at radius 2 is 2.14 bits per heavy atom. The SMILES string of the molecule is C(#Cc1ccccc1)CN1CCSC1. The molecule has 0 radical (unpaired) electrons. The molecule has 0 aliphatic carbocycles. The first-order chi connectivity index (χ1) is 6.95. The van der Waals surface area contributed by atoms with E-state index >= 15 is 0 Å². The maximum absolute atomic E-state index is 3.21. The Balaban J connectivity index is 1.87. The molecular formula is C12H13NS. The molecule has 2 rings (SSSR count). The predicted octanol–water partition coefficient (Wildman–Crippen LogP) is 2.04. The molecule has 1 fully saturated rings. The zero-order chi connectivity index (χ0) is 9.64. The molecule has 2 heteroatoms. The Labute approximate surface area is 89.5 Å². The van der Waals surface area contributed by atoms with Gasteiger partial charge in [0, 0.05) is 23.7 Å². The lowest BCUT2D eigenvalue weighted by Gasteiger charge is -2.07. The summed E-state index contributed by atoms with van der Waals surface area (Å²) in [6.45, 7) is 2.09. The fraction of sp³-hybridized carbons (Fsp3) is 0.333. The van der Waals surface area contributed by atoms with E-state index in [-0.39, 0.29) is 0 Å². The second-order valence-corrected chi connectivity index (χ2v) is 4.33. The van der Waals surface area contributed by atoms with Crippen LogP contribution in [0.5, 0.6) is 0 Å². The lowest BCUT2D eigenvalue weighted by Crippen LogP contribution is -2.19. The largest absolute Gasteiger partial charge is 0.282 e. The van der Waals surface area contributed by atoms with Crippen LogP contribution in [0.1, 0.15) is 5.56 Å². The van der Waals surface area contributed by atoms with Gasteiger partial charge in [-0.05, 0) is 12.1 Å². The minimum Gasteiger partial charge on any atom is -0.282 e. The van der Waals surface area contributed by atoms with Gasteiger partial charge in [0.1, 0.15) is 0 Å². The molecule has 14 heavy (non-hydrogen) atoms. The number of hydrogen-bond acceptors (Lipinski definition) is 2. The fourth-order valence-corrected chi connectivity index (χ4v) is 2.35. The lowest BCUT2D eigenvalue weighted by molar-refractivity contribution is 0.402. The standard InChI is InChI=1S/C12H13NS/c1-2-5-12(6-3-1)7-4-8-13-9-10-14-11-13/h1-3,5-6H,8-11H2. The predicted molar refractivity (Wildman–Crippen MR) is 62.2 cm³/mol. The van der Waals surface area contributed by atoms with Gasteiger partial charge in [-0.3, -0.25) is 4.90 Å². The Hall–Kier alpha value is -0.910. The summed E-state index contributed by atoms with van der Waals surface area (Å²) in [5.74, 6) is 8.78. The summed E-state index contributed by atoms with van der Waals surface area (Å²) in [4.78, 5) is 2.38. The summed E-state index contributed by atoms with van der Waals surface area (Å²) in [7, 11) is 0. The number of hydrogen-bond donors (Lipinski definition) is 0. The zero-order valence-corrected chi connectivity index (χ0v) is 8.89. The van der Waals surface area contributed by atoms with Crippen molar-refractivity contribution in [2.24, 2.45) is 0 Å². The highest BCUT2D eigenvalue weighted by atomic mass is 32.2. The molecule has 0 N–H and O–H groups in total. The molecule has 0 bridgehead atoms. The van der Waals surface area contributed by atoms with Crippen molar-refractivity contribution in [2.75, 3.05) is 24.7 Å². The van der Waals surface area contributed by atoms with Crippen molar-refractivity contribution < 1.29 is 0 Å². The molecule has 1 nitrogen and oxygen atoms in total. The van der Waals surface area contributed by atoms with Crippen LogP contribution < -0.4 is 0 Å². The highest BCUT2D eigenvalue weighted by Crippen LogP contribution is 2.11. The number of thioether (sulfide) groups is 1. The van der Waals surface area contributed by atoms with Crippen LogP contribution in [0.3, 0.4) is 0 Å². The highest BCUT2D eigenvalue weighted by Gasteiger charge is 2.08. The van der Waals surface area contributed by atoms with Crippen LogP contribution in [0, 0.1) is 11.8 Å². The van der Waals surface area contributed by atoms with Gasteiger partial charge < -0.3 is 0 Å². The van der Waals surface area contributed by atoms with Crippen molar-refractivity contribution >= 4 is 11.8 Å². The Kier molecular flexibility index (Phi) is 3.50. The zero-order valence-electron chi connectivity index (χ0n) is 8.07. The molecule has 0 atom stereocenters. The van der Waals surface area contributed by atoms with E-state index in [9.17, 15) is 0 Å². The van der Waals surface area contributed by atoms with Crippen LogP contribution in [-0.2, 0) is 0 Å². The van der Waals surface area contributed by atoms with E-state index < -0.39 is 0 Å². The average Bonchev–Trinajstić information content (AvgIpc) is 2.72. The van der Waals surface area contributed by atoms with Crippen molar-refractivity contribution in [1.29, 1.82) is 0 Å². The fourth-order valence-electron chi connectivity index (χ4n) is 1.35. The van der Waals surface area contributed by atoms with Crippen LogP contribution >= 0.6 is 11.8 Å². The first kappa shape index (κ1) is 9.64. The Morgan fingerprint density at radius 1 is 1.29 bits per heavy atom. The molecule has 0 amide bonds. The second kappa shape index (κ2) is 5.09. The molecule has 1 aromatic carbocycles. The third-order valence-electron chi connectivity index (χ3n) is 2.13. The molecule has 1 aliphatic rings. The molecule has 1 heterocycles. The molecule has 0 spiro atoms. The van der Waals surface area contributed by atoms with Crippen LogP contribution in [0.4, 0.5) is 0 Å². The molecule has 0 saturated carbocycles. The van der Waals surface area contributed by atoms with Crippen molar-refractivity contribution in [1.82, 2.24) is 4.90 Å². The number of nitrogens with zero attached hydrogens (tertiary/aromatic N) is 1. The van der Waals surface area contributed by atoms with Gasteiger partial charge in [-0.15, -0.1) is 11.8 Å². The summed E-state index contributed by atoms with van der Waals surface area (Å²) in [5, 5.41) is 0. The summed E-state index contributed by atoms with van der Waals surface area (Å²) >= 11 is 1.99. The molecule has 0 aromatic heterocycles. The number of benzene rings is 1. The first-order valence-electron chi connectivity index (χ1n) is 4.79. The third-order valence-corrected chi connectivity index (χ3v) is 3.15. The van der Waals surface area contributed by atoms with E-state index in [1.807, 2.05) is 42.1 Å². The van der Waals surface area contributed by atoms with Crippen LogP contribution in [-0.4, -0.2) is 29.6 Å². The minimum absolute atomic E-state index is 0.905. The summed E-state index contributed by atoms with van der Waals surface area (Å²) < 4.78 is 0. The van der Waals surface area contributed by atoms with Gasteiger partial charge in [0.2, 0.25) is 0 Å². The van der Waals surface area contributed by atoms with E-state index in [0.717, 1.165) is 18.0 Å². The third kappa shape index (κ3) is 2.80. The quantitative estimate of drug-likeness (QED) is 0.643. The van der Waals surface area contributed by atoms with Crippen LogP contribution in [0.2, 0.25) is 0 Å². The summed E-state index contributed by atoms with van der Waals surface area (Å²) in [6.07, 6.45) is 0. The molecule has 1 aliphatic heterocycles.